The van der Waals surface area contributed by atoms with Crippen molar-refractivity contribution in [3.8, 4) is 6.01 Å². The summed E-state index contributed by atoms with van der Waals surface area (Å²) in [6.07, 6.45) is 0. The number of fused-ring (bicyclic) bond motifs is 1. The summed E-state index contributed by atoms with van der Waals surface area (Å²) in [5.74, 6) is -0.399. The van der Waals surface area contributed by atoms with E-state index >= 15 is 0 Å². The van der Waals surface area contributed by atoms with E-state index in [1.54, 1.807) is 45.0 Å². The van der Waals surface area contributed by atoms with Gasteiger partial charge in [0.1, 0.15) is 0 Å². The quantitative estimate of drug-likeness (QED) is 0.808. The van der Waals surface area contributed by atoms with Crippen LogP contribution in [-0.2, 0) is 16.3 Å². The van der Waals surface area contributed by atoms with Gasteiger partial charge in [-0.25, -0.2) is 4.57 Å². The van der Waals surface area contributed by atoms with Crippen molar-refractivity contribution in [2.45, 2.75) is 27.5 Å². The highest BCUT2D eigenvalue weighted by Gasteiger charge is 2.24. The Labute approximate surface area is 122 Å². The molecule has 0 atom stereocenters. The van der Waals surface area contributed by atoms with E-state index in [2.05, 4.69) is 4.98 Å². The molecule has 1 aromatic heterocycles. The van der Waals surface area contributed by atoms with Gasteiger partial charge >= 0.3 is 12.0 Å². The first-order valence-electron chi connectivity index (χ1n) is 6.55. The van der Waals surface area contributed by atoms with E-state index in [-0.39, 0.29) is 18.3 Å². The molecule has 0 N–H and O–H groups in total. The van der Waals surface area contributed by atoms with Crippen LogP contribution >= 0.6 is 0 Å². The third-order valence-electron chi connectivity index (χ3n) is 2.95. The van der Waals surface area contributed by atoms with E-state index in [1.807, 2.05) is 0 Å². The van der Waals surface area contributed by atoms with Crippen molar-refractivity contribution in [1.29, 1.82) is 0 Å². The third kappa shape index (κ3) is 3.04. The zero-order valence-electron chi connectivity index (χ0n) is 12.5. The Balaban J connectivity index is 2.41. The minimum atomic E-state index is -0.638. The van der Waals surface area contributed by atoms with Crippen molar-refractivity contribution in [2.75, 3.05) is 7.11 Å². The molecule has 6 heteroatoms. The topological polar surface area (TPSA) is 70.4 Å². The van der Waals surface area contributed by atoms with E-state index in [9.17, 15) is 9.59 Å². The lowest BCUT2D eigenvalue weighted by atomic mass is 9.98. The zero-order chi connectivity index (χ0) is 15.6. The zero-order valence-corrected chi connectivity index (χ0v) is 12.5. The van der Waals surface area contributed by atoms with Gasteiger partial charge in [0.15, 0.2) is 6.73 Å². The van der Waals surface area contributed by atoms with Crippen molar-refractivity contribution in [1.82, 2.24) is 9.55 Å². The van der Waals surface area contributed by atoms with Crippen LogP contribution < -0.4 is 10.3 Å². The molecule has 1 heterocycles. The summed E-state index contributed by atoms with van der Waals surface area (Å²) in [5.41, 5.74) is -0.405. The summed E-state index contributed by atoms with van der Waals surface area (Å²) in [7, 11) is 1.42. The molecule has 0 bridgehead atoms. The Bertz CT molecular complexity index is 729. The van der Waals surface area contributed by atoms with Crippen LogP contribution in [0.2, 0.25) is 0 Å². The molecule has 21 heavy (non-hydrogen) atoms. The van der Waals surface area contributed by atoms with Gasteiger partial charge in [0.05, 0.1) is 23.4 Å². The van der Waals surface area contributed by atoms with Crippen LogP contribution in [-0.4, -0.2) is 22.6 Å². The van der Waals surface area contributed by atoms with E-state index in [4.69, 9.17) is 9.47 Å². The number of para-hydroxylation sites is 1. The highest BCUT2D eigenvalue weighted by Crippen LogP contribution is 2.17. The number of methoxy groups -OCH3 is 1. The number of benzene rings is 1. The average Bonchev–Trinajstić information content (AvgIpc) is 2.44. The van der Waals surface area contributed by atoms with E-state index in [0.29, 0.717) is 10.9 Å². The van der Waals surface area contributed by atoms with Gasteiger partial charge in [-0.05, 0) is 32.9 Å². The summed E-state index contributed by atoms with van der Waals surface area (Å²) in [6, 6.07) is 7.05. The number of aromatic nitrogens is 2. The third-order valence-corrected chi connectivity index (χ3v) is 2.95. The average molecular weight is 290 g/mol. The normalized spacial score (nSPS) is 11.4. The molecule has 0 aliphatic rings. The predicted molar refractivity (Wildman–Crippen MR) is 78.1 cm³/mol. The number of carbonyl (C=O) groups excluding carboxylic acids is 1. The van der Waals surface area contributed by atoms with E-state index in [1.165, 1.54) is 11.7 Å². The Morgan fingerprint density at radius 3 is 2.57 bits per heavy atom. The first-order valence-corrected chi connectivity index (χ1v) is 6.55. The van der Waals surface area contributed by atoms with Gasteiger partial charge in [0.2, 0.25) is 0 Å². The molecule has 0 saturated heterocycles. The maximum absolute atomic E-state index is 12.4. The summed E-state index contributed by atoms with van der Waals surface area (Å²) in [5, 5.41) is 0.449. The molecule has 0 aliphatic carbocycles. The second-order valence-electron chi connectivity index (χ2n) is 5.66. The molecule has 0 unspecified atom stereocenters. The van der Waals surface area contributed by atoms with Crippen LogP contribution in [0.25, 0.3) is 10.9 Å². The first-order chi connectivity index (χ1) is 9.84. The highest BCUT2D eigenvalue weighted by atomic mass is 16.6. The molecule has 0 saturated carbocycles. The maximum atomic E-state index is 12.4. The summed E-state index contributed by atoms with van der Waals surface area (Å²) < 4.78 is 11.5. The summed E-state index contributed by atoms with van der Waals surface area (Å²) in [6.45, 7) is 5.01. The highest BCUT2D eigenvalue weighted by molar-refractivity contribution is 5.78. The Kier molecular flexibility index (Phi) is 3.97. The van der Waals surface area contributed by atoms with Crippen molar-refractivity contribution >= 4 is 16.9 Å². The van der Waals surface area contributed by atoms with Crippen molar-refractivity contribution in [2.24, 2.45) is 5.41 Å². The van der Waals surface area contributed by atoms with Gasteiger partial charge in [-0.3, -0.25) is 9.59 Å². The first kappa shape index (κ1) is 15.0. The lowest BCUT2D eigenvalue weighted by Crippen LogP contribution is -2.29. The van der Waals surface area contributed by atoms with Crippen LogP contribution in [0.1, 0.15) is 20.8 Å². The van der Waals surface area contributed by atoms with Crippen LogP contribution in [0.4, 0.5) is 0 Å². The Hall–Kier alpha value is -2.37. The largest absolute Gasteiger partial charge is 0.468 e. The number of nitrogens with zero attached hydrogens (tertiary/aromatic N) is 2. The minimum absolute atomic E-state index is 0.111. The van der Waals surface area contributed by atoms with E-state index < -0.39 is 11.4 Å². The molecule has 0 aliphatic heterocycles. The fraction of sp³-hybridized carbons (Fsp3) is 0.400. The smallest absolute Gasteiger partial charge is 0.312 e. The molecule has 0 fully saturated rings. The monoisotopic (exact) mass is 290 g/mol. The second kappa shape index (κ2) is 5.55. The van der Waals surface area contributed by atoms with Gasteiger partial charge in [0.25, 0.3) is 5.56 Å². The number of rotatable bonds is 3. The number of hydrogen-bond acceptors (Lipinski definition) is 5. The second-order valence-corrected chi connectivity index (χ2v) is 5.66. The van der Waals surface area contributed by atoms with Gasteiger partial charge in [0, 0.05) is 0 Å². The molecule has 0 spiro atoms. The molecule has 2 rings (SSSR count). The standard InChI is InChI=1S/C15H18N2O4/c1-15(2,3)13(19)21-9-17-12(18)10-7-5-6-8-11(10)16-14(17)20-4/h5-8H,9H2,1-4H3. The molecule has 0 radical (unpaired) electrons. The SMILES string of the molecule is COc1nc2ccccc2c(=O)n1COC(=O)C(C)(C)C. The van der Waals surface area contributed by atoms with Crippen LogP contribution in [0, 0.1) is 5.41 Å². The van der Waals surface area contributed by atoms with Crippen LogP contribution in [0.5, 0.6) is 6.01 Å². The molecule has 1 aromatic carbocycles. The Morgan fingerprint density at radius 1 is 1.29 bits per heavy atom. The number of esters is 1. The maximum Gasteiger partial charge on any atom is 0.312 e. The van der Waals surface area contributed by atoms with Crippen LogP contribution in [0.3, 0.4) is 0 Å². The van der Waals surface area contributed by atoms with Crippen molar-refractivity contribution in [3.63, 3.8) is 0 Å². The molecule has 6 nitrogen and oxygen atoms in total. The molecular formula is C15H18N2O4. The van der Waals surface area contributed by atoms with E-state index in [0.717, 1.165) is 0 Å². The molecule has 112 valence electrons. The lowest BCUT2D eigenvalue weighted by molar-refractivity contribution is -0.157. The molecule has 2 aromatic rings. The molecule has 0 amide bonds. The predicted octanol–water partition coefficient (Wildman–Crippen LogP) is 1.95. The van der Waals surface area contributed by atoms with Gasteiger partial charge in [-0.15, -0.1) is 0 Å². The number of ether oxygens (including phenoxy) is 2. The van der Waals surface area contributed by atoms with Crippen molar-refractivity contribution < 1.29 is 14.3 Å². The van der Waals surface area contributed by atoms with Gasteiger partial charge in [-0.1, -0.05) is 12.1 Å². The minimum Gasteiger partial charge on any atom is -0.468 e. The summed E-state index contributed by atoms with van der Waals surface area (Å²) in [4.78, 5) is 28.5. The lowest BCUT2D eigenvalue weighted by Gasteiger charge is -2.18. The fourth-order valence-electron chi connectivity index (χ4n) is 1.76. The number of carbonyl (C=O) groups is 1. The van der Waals surface area contributed by atoms with Crippen LogP contribution in [0.15, 0.2) is 29.1 Å². The molecular weight excluding hydrogens is 272 g/mol. The van der Waals surface area contributed by atoms with Gasteiger partial charge in [-0.2, -0.15) is 4.98 Å². The summed E-state index contributed by atoms with van der Waals surface area (Å²) >= 11 is 0. The fourth-order valence-corrected chi connectivity index (χ4v) is 1.76. The number of hydrogen-bond donors (Lipinski definition) is 0. The van der Waals surface area contributed by atoms with Crippen molar-refractivity contribution in [3.05, 3.63) is 34.6 Å². The van der Waals surface area contributed by atoms with Gasteiger partial charge < -0.3 is 9.47 Å². The Morgan fingerprint density at radius 2 is 1.95 bits per heavy atom.